The largest absolute Gasteiger partial charge is 0.457 e. The maximum absolute atomic E-state index is 12.0. The standard InChI is InChI=1S/C20H15ClINO2/c1-13-6-7-14(12-16(13)21)19-10-8-15(25-19)9-11-20(24)23-18-5-3-2-4-17(18)22/h2-12H,1H3,(H,23,24)/b11-9+. The lowest BCUT2D eigenvalue weighted by molar-refractivity contribution is -0.111. The maximum atomic E-state index is 12.0. The maximum Gasteiger partial charge on any atom is 0.248 e. The summed E-state index contributed by atoms with van der Waals surface area (Å²) in [5, 5.41) is 3.54. The van der Waals surface area contributed by atoms with Crippen molar-refractivity contribution in [2.75, 3.05) is 5.32 Å². The van der Waals surface area contributed by atoms with Gasteiger partial charge in [-0.15, -0.1) is 0 Å². The lowest BCUT2D eigenvalue weighted by Gasteiger charge is -2.03. The molecule has 0 fully saturated rings. The molecule has 3 nitrogen and oxygen atoms in total. The monoisotopic (exact) mass is 463 g/mol. The summed E-state index contributed by atoms with van der Waals surface area (Å²) in [5.74, 6) is 1.10. The van der Waals surface area contributed by atoms with E-state index in [1.807, 2.05) is 61.5 Å². The molecule has 0 spiro atoms. The molecule has 0 saturated carbocycles. The van der Waals surface area contributed by atoms with Gasteiger partial charge in [0.1, 0.15) is 11.5 Å². The summed E-state index contributed by atoms with van der Waals surface area (Å²) in [4.78, 5) is 12.0. The number of rotatable bonds is 4. The van der Waals surface area contributed by atoms with Crippen LogP contribution >= 0.6 is 34.2 Å². The van der Waals surface area contributed by atoms with Crippen molar-refractivity contribution in [2.45, 2.75) is 6.92 Å². The fourth-order valence-electron chi connectivity index (χ4n) is 2.24. The van der Waals surface area contributed by atoms with Gasteiger partial charge in [-0.25, -0.2) is 0 Å². The van der Waals surface area contributed by atoms with Crippen molar-refractivity contribution in [1.29, 1.82) is 0 Å². The molecule has 0 unspecified atom stereocenters. The number of para-hydroxylation sites is 1. The Labute approximate surface area is 164 Å². The topological polar surface area (TPSA) is 42.2 Å². The lowest BCUT2D eigenvalue weighted by atomic mass is 10.1. The summed E-state index contributed by atoms with van der Waals surface area (Å²) in [6.45, 7) is 1.95. The first-order valence-corrected chi connectivity index (χ1v) is 9.08. The highest BCUT2D eigenvalue weighted by Gasteiger charge is 2.06. The zero-order valence-electron chi connectivity index (χ0n) is 13.4. The van der Waals surface area contributed by atoms with Gasteiger partial charge < -0.3 is 9.73 Å². The number of carbonyl (C=O) groups is 1. The quantitative estimate of drug-likeness (QED) is 0.372. The molecule has 3 aromatic rings. The van der Waals surface area contributed by atoms with E-state index in [1.165, 1.54) is 6.08 Å². The molecular weight excluding hydrogens is 449 g/mol. The average Bonchev–Trinajstić information content (AvgIpc) is 3.07. The Morgan fingerprint density at radius 3 is 2.72 bits per heavy atom. The van der Waals surface area contributed by atoms with E-state index >= 15 is 0 Å². The number of benzene rings is 2. The Kier molecular flexibility index (Phi) is 5.60. The molecular formula is C20H15ClINO2. The Morgan fingerprint density at radius 1 is 1.16 bits per heavy atom. The third-order valence-electron chi connectivity index (χ3n) is 3.61. The molecule has 1 heterocycles. The van der Waals surface area contributed by atoms with Gasteiger partial charge in [0.05, 0.1) is 5.69 Å². The molecule has 1 amide bonds. The highest BCUT2D eigenvalue weighted by molar-refractivity contribution is 14.1. The highest BCUT2D eigenvalue weighted by Crippen LogP contribution is 2.27. The first-order chi connectivity index (χ1) is 12.0. The number of carbonyl (C=O) groups excluding carboxylic acids is 1. The summed E-state index contributed by atoms with van der Waals surface area (Å²) >= 11 is 8.33. The number of halogens is 2. The van der Waals surface area contributed by atoms with Crippen LogP contribution in [0.5, 0.6) is 0 Å². The molecule has 0 aliphatic rings. The van der Waals surface area contributed by atoms with Crippen molar-refractivity contribution < 1.29 is 9.21 Å². The molecule has 0 atom stereocenters. The van der Waals surface area contributed by atoms with Crippen molar-refractivity contribution >= 4 is 51.9 Å². The van der Waals surface area contributed by atoms with Gasteiger partial charge in [0.2, 0.25) is 5.91 Å². The third kappa shape index (κ3) is 4.52. The van der Waals surface area contributed by atoms with Crippen LogP contribution < -0.4 is 5.32 Å². The first-order valence-electron chi connectivity index (χ1n) is 7.63. The minimum Gasteiger partial charge on any atom is -0.457 e. The normalized spacial score (nSPS) is 11.0. The highest BCUT2D eigenvalue weighted by atomic mass is 127. The van der Waals surface area contributed by atoms with E-state index in [2.05, 4.69) is 27.9 Å². The predicted octanol–water partition coefficient (Wildman–Crippen LogP) is 6.16. The van der Waals surface area contributed by atoms with Gasteiger partial charge in [0.25, 0.3) is 0 Å². The van der Waals surface area contributed by atoms with Crippen LogP contribution in [-0.4, -0.2) is 5.91 Å². The summed E-state index contributed by atoms with van der Waals surface area (Å²) in [6, 6.07) is 17.1. The Bertz CT molecular complexity index is 946. The molecule has 0 saturated heterocycles. The van der Waals surface area contributed by atoms with E-state index in [0.717, 1.165) is 20.4 Å². The second-order valence-corrected chi connectivity index (χ2v) is 7.04. The van der Waals surface area contributed by atoms with Crippen LogP contribution in [0.2, 0.25) is 5.02 Å². The van der Waals surface area contributed by atoms with Crippen molar-refractivity contribution in [1.82, 2.24) is 0 Å². The first kappa shape index (κ1) is 17.8. The van der Waals surface area contributed by atoms with E-state index < -0.39 is 0 Å². The molecule has 1 aromatic heterocycles. The molecule has 0 bridgehead atoms. The zero-order chi connectivity index (χ0) is 17.8. The second-order valence-electron chi connectivity index (χ2n) is 5.47. The number of amides is 1. The molecule has 25 heavy (non-hydrogen) atoms. The fraction of sp³-hybridized carbons (Fsp3) is 0.0500. The Morgan fingerprint density at radius 2 is 1.96 bits per heavy atom. The van der Waals surface area contributed by atoms with Crippen molar-refractivity contribution in [2.24, 2.45) is 0 Å². The average molecular weight is 464 g/mol. The molecule has 0 aliphatic carbocycles. The van der Waals surface area contributed by atoms with Gasteiger partial charge in [-0.3, -0.25) is 4.79 Å². The SMILES string of the molecule is Cc1ccc(-c2ccc(/C=C/C(=O)Nc3ccccc3I)o2)cc1Cl. The summed E-state index contributed by atoms with van der Waals surface area (Å²) in [5.41, 5.74) is 2.70. The van der Waals surface area contributed by atoms with E-state index in [-0.39, 0.29) is 5.91 Å². The van der Waals surface area contributed by atoms with Crippen LogP contribution in [0.1, 0.15) is 11.3 Å². The summed E-state index contributed by atoms with van der Waals surface area (Å²) in [7, 11) is 0. The summed E-state index contributed by atoms with van der Waals surface area (Å²) in [6.07, 6.45) is 3.10. The Balaban J connectivity index is 1.70. The summed E-state index contributed by atoms with van der Waals surface area (Å²) < 4.78 is 6.75. The van der Waals surface area contributed by atoms with Crippen LogP contribution in [0.25, 0.3) is 17.4 Å². The van der Waals surface area contributed by atoms with Gasteiger partial charge in [0.15, 0.2) is 0 Å². The number of aryl methyl sites for hydroxylation is 1. The molecule has 5 heteroatoms. The number of nitrogens with one attached hydrogen (secondary N) is 1. The zero-order valence-corrected chi connectivity index (χ0v) is 16.3. The van der Waals surface area contributed by atoms with Gasteiger partial charge >= 0.3 is 0 Å². The number of anilines is 1. The van der Waals surface area contributed by atoms with Gasteiger partial charge in [-0.2, -0.15) is 0 Å². The molecule has 0 aliphatic heterocycles. The van der Waals surface area contributed by atoms with Crippen molar-refractivity contribution in [3.05, 3.63) is 80.6 Å². The lowest BCUT2D eigenvalue weighted by Crippen LogP contribution is -2.08. The van der Waals surface area contributed by atoms with E-state index in [1.54, 1.807) is 6.08 Å². The van der Waals surface area contributed by atoms with Crippen LogP contribution in [0.15, 0.2) is 65.1 Å². The molecule has 0 radical (unpaired) electrons. The van der Waals surface area contributed by atoms with Crippen LogP contribution in [-0.2, 0) is 4.79 Å². The Hall–Kier alpha value is -2.05. The predicted molar refractivity (Wildman–Crippen MR) is 111 cm³/mol. The minimum atomic E-state index is -0.208. The smallest absolute Gasteiger partial charge is 0.248 e. The number of furan rings is 1. The van der Waals surface area contributed by atoms with E-state index in [0.29, 0.717) is 16.5 Å². The second kappa shape index (κ2) is 7.89. The number of hydrogen-bond donors (Lipinski definition) is 1. The number of hydrogen-bond acceptors (Lipinski definition) is 2. The van der Waals surface area contributed by atoms with Crippen LogP contribution in [0.3, 0.4) is 0 Å². The third-order valence-corrected chi connectivity index (χ3v) is 4.96. The minimum absolute atomic E-state index is 0.208. The van der Waals surface area contributed by atoms with E-state index in [4.69, 9.17) is 16.0 Å². The van der Waals surface area contributed by atoms with Crippen molar-refractivity contribution in [3.63, 3.8) is 0 Å². The molecule has 126 valence electrons. The molecule has 1 N–H and O–H groups in total. The van der Waals surface area contributed by atoms with Gasteiger partial charge in [0, 0.05) is 20.2 Å². The van der Waals surface area contributed by atoms with Gasteiger partial charge in [-0.1, -0.05) is 35.9 Å². The molecule has 2 aromatic carbocycles. The van der Waals surface area contributed by atoms with Crippen molar-refractivity contribution in [3.8, 4) is 11.3 Å². The van der Waals surface area contributed by atoms with Crippen LogP contribution in [0, 0.1) is 10.5 Å². The van der Waals surface area contributed by atoms with Crippen LogP contribution in [0.4, 0.5) is 5.69 Å². The van der Waals surface area contributed by atoms with Gasteiger partial charge in [-0.05, 0) is 71.5 Å². The van der Waals surface area contributed by atoms with E-state index in [9.17, 15) is 4.79 Å². The molecule has 3 rings (SSSR count). The fourth-order valence-corrected chi connectivity index (χ4v) is 2.94.